The molecule has 1 aliphatic rings. The minimum Gasteiger partial charge on any atom is -0.444 e. The molecule has 1 fully saturated rings. The first kappa shape index (κ1) is 25.5. The second-order valence-electron chi connectivity index (χ2n) is 8.97. The zero-order valence-electron chi connectivity index (χ0n) is 19.5. The minimum atomic E-state index is -0.510. The number of methoxy groups -OCH3 is 1. The molecule has 0 aromatic heterocycles. The van der Waals surface area contributed by atoms with Crippen molar-refractivity contribution < 1.29 is 14.3 Å². The molecule has 1 saturated heterocycles. The highest BCUT2D eigenvalue weighted by Crippen LogP contribution is 2.11. The number of rotatable bonds is 9. The number of alkyl carbamates (subject to hydrolysis) is 1. The van der Waals surface area contributed by atoms with Crippen LogP contribution in [0.4, 0.5) is 4.79 Å². The van der Waals surface area contributed by atoms with Gasteiger partial charge >= 0.3 is 6.09 Å². The molecule has 0 aliphatic carbocycles. The molecule has 8 heteroatoms. The first-order valence-electron chi connectivity index (χ1n) is 10.9. The Balaban J connectivity index is 2.58. The summed E-state index contributed by atoms with van der Waals surface area (Å²) in [4.78, 5) is 19.3. The van der Waals surface area contributed by atoms with E-state index < -0.39 is 11.7 Å². The zero-order valence-corrected chi connectivity index (χ0v) is 19.5. The lowest BCUT2D eigenvalue weighted by molar-refractivity contribution is 0.0493. The summed E-state index contributed by atoms with van der Waals surface area (Å²) in [7, 11) is 1.75. The van der Waals surface area contributed by atoms with E-state index in [1.54, 1.807) is 7.11 Å². The molecule has 1 atom stereocenters. The number of ether oxygens (including phenoxy) is 2. The molecule has 1 amide bonds. The fraction of sp³-hybridized carbons (Fsp3) is 0.905. The van der Waals surface area contributed by atoms with Gasteiger partial charge in [-0.25, -0.2) is 4.79 Å². The number of carbonyl (C=O) groups is 1. The Morgan fingerprint density at radius 2 is 1.90 bits per heavy atom. The number of guanidine groups is 1. The first-order chi connectivity index (χ1) is 13.6. The summed E-state index contributed by atoms with van der Waals surface area (Å²) in [6.45, 7) is 17.0. The molecule has 1 heterocycles. The number of carbonyl (C=O) groups excluding carboxylic acids is 1. The third kappa shape index (κ3) is 11.3. The summed E-state index contributed by atoms with van der Waals surface area (Å²) >= 11 is 0. The summed E-state index contributed by atoms with van der Waals surface area (Å²) in [6.07, 6.45) is 1.77. The number of hydrogen-bond acceptors (Lipinski definition) is 5. The highest BCUT2D eigenvalue weighted by Gasteiger charge is 2.22. The van der Waals surface area contributed by atoms with Gasteiger partial charge in [0.15, 0.2) is 5.96 Å². The van der Waals surface area contributed by atoms with Crippen LogP contribution in [0.1, 0.15) is 54.4 Å². The van der Waals surface area contributed by atoms with E-state index in [4.69, 9.17) is 14.5 Å². The Morgan fingerprint density at radius 1 is 1.24 bits per heavy atom. The van der Waals surface area contributed by atoms with Gasteiger partial charge in [-0.3, -0.25) is 4.99 Å². The van der Waals surface area contributed by atoms with Gasteiger partial charge in [-0.2, -0.15) is 0 Å². The van der Waals surface area contributed by atoms with Crippen molar-refractivity contribution >= 4 is 12.1 Å². The lowest BCUT2D eigenvalue weighted by atomic mass is 10.0. The van der Waals surface area contributed by atoms with Crippen LogP contribution < -0.4 is 16.0 Å². The first-order valence-corrected chi connectivity index (χ1v) is 10.9. The van der Waals surface area contributed by atoms with E-state index in [9.17, 15) is 4.79 Å². The van der Waals surface area contributed by atoms with E-state index >= 15 is 0 Å². The summed E-state index contributed by atoms with van der Waals surface area (Å²) in [5, 5.41) is 9.84. The summed E-state index contributed by atoms with van der Waals surface area (Å²) in [6, 6.07) is 0.319. The van der Waals surface area contributed by atoms with Crippen LogP contribution in [0.15, 0.2) is 4.99 Å². The minimum absolute atomic E-state index is 0.0869. The number of hydrogen-bond donors (Lipinski definition) is 3. The molecule has 1 rings (SSSR count). The van der Waals surface area contributed by atoms with E-state index in [1.165, 1.54) is 0 Å². The predicted molar refractivity (Wildman–Crippen MR) is 118 cm³/mol. The predicted octanol–water partition coefficient (Wildman–Crippen LogP) is 2.20. The molecule has 29 heavy (non-hydrogen) atoms. The second-order valence-corrected chi connectivity index (χ2v) is 8.97. The number of likely N-dealkylation sites (tertiary alicyclic amines) is 1. The standard InChI is InChI=1S/C21H43N5O3/c1-8-22-19(24-17-9-11-26(12-10-17)13-14-28-7)23-15-18(16(2)3)25-20(27)29-21(4,5)6/h16-18H,8-15H2,1-7H3,(H,25,27)(H2,22,23,24). The van der Waals surface area contributed by atoms with Crippen molar-refractivity contribution in [2.75, 3.05) is 46.4 Å². The largest absolute Gasteiger partial charge is 0.444 e. The molecule has 8 nitrogen and oxygen atoms in total. The molecular weight excluding hydrogens is 370 g/mol. The molecule has 0 bridgehead atoms. The van der Waals surface area contributed by atoms with Gasteiger partial charge in [-0.1, -0.05) is 13.8 Å². The molecule has 0 radical (unpaired) electrons. The van der Waals surface area contributed by atoms with Crippen molar-refractivity contribution in [3.8, 4) is 0 Å². The molecule has 1 aliphatic heterocycles. The van der Waals surface area contributed by atoms with Crippen LogP contribution in [0.2, 0.25) is 0 Å². The van der Waals surface area contributed by atoms with E-state index in [1.807, 2.05) is 20.8 Å². The molecular formula is C21H43N5O3. The van der Waals surface area contributed by atoms with E-state index in [0.29, 0.717) is 12.6 Å². The lowest BCUT2D eigenvalue weighted by Gasteiger charge is -2.33. The Kier molecular flexibility index (Phi) is 11.3. The Bertz CT molecular complexity index is 497. The van der Waals surface area contributed by atoms with Crippen molar-refractivity contribution in [3.05, 3.63) is 0 Å². The van der Waals surface area contributed by atoms with Crippen molar-refractivity contribution in [2.24, 2.45) is 10.9 Å². The maximum Gasteiger partial charge on any atom is 0.407 e. The number of nitrogens with zero attached hydrogens (tertiary/aromatic N) is 2. The van der Waals surface area contributed by atoms with Gasteiger partial charge in [-0.05, 0) is 46.5 Å². The van der Waals surface area contributed by atoms with E-state index in [2.05, 4.69) is 41.6 Å². The molecule has 0 saturated carbocycles. The van der Waals surface area contributed by atoms with Crippen LogP contribution in [0.25, 0.3) is 0 Å². The topological polar surface area (TPSA) is 87.2 Å². The van der Waals surface area contributed by atoms with Gasteiger partial charge < -0.3 is 30.3 Å². The third-order valence-corrected chi connectivity index (χ3v) is 4.84. The normalized spacial score (nSPS) is 17.9. The molecule has 1 unspecified atom stereocenters. The van der Waals surface area contributed by atoms with E-state index in [0.717, 1.165) is 51.6 Å². The van der Waals surface area contributed by atoms with Gasteiger partial charge in [0.1, 0.15) is 5.60 Å². The molecule has 3 N–H and O–H groups in total. The van der Waals surface area contributed by atoms with Gasteiger partial charge in [0.2, 0.25) is 0 Å². The molecule has 0 spiro atoms. The molecule has 0 aromatic carbocycles. The fourth-order valence-corrected chi connectivity index (χ4v) is 3.11. The van der Waals surface area contributed by atoms with Crippen LogP contribution in [0.5, 0.6) is 0 Å². The summed E-state index contributed by atoms with van der Waals surface area (Å²) in [5.41, 5.74) is -0.510. The van der Waals surface area contributed by atoms with Crippen LogP contribution in [0, 0.1) is 5.92 Å². The summed E-state index contributed by atoms with van der Waals surface area (Å²) < 4.78 is 10.6. The van der Waals surface area contributed by atoms with Crippen molar-refractivity contribution in [2.45, 2.75) is 72.1 Å². The number of piperidine rings is 1. The van der Waals surface area contributed by atoms with Crippen LogP contribution in [-0.2, 0) is 9.47 Å². The Hall–Kier alpha value is -1.54. The molecule has 170 valence electrons. The maximum atomic E-state index is 12.1. The Morgan fingerprint density at radius 3 is 2.41 bits per heavy atom. The lowest BCUT2D eigenvalue weighted by Crippen LogP contribution is -2.50. The highest BCUT2D eigenvalue weighted by molar-refractivity contribution is 5.80. The van der Waals surface area contributed by atoms with Gasteiger partial charge in [0.25, 0.3) is 0 Å². The SMILES string of the molecule is CCNC(=NCC(NC(=O)OC(C)(C)C)C(C)C)NC1CCN(CCOC)CC1. The number of nitrogens with one attached hydrogen (secondary N) is 3. The fourth-order valence-electron chi connectivity index (χ4n) is 3.11. The van der Waals surface area contributed by atoms with Crippen molar-refractivity contribution in [3.63, 3.8) is 0 Å². The zero-order chi connectivity index (χ0) is 21.9. The highest BCUT2D eigenvalue weighted by atomic mass is 16.6. The maximum absolute atomic E-state index is 12.1. The monoisotopic (exact) mass is 413 g/mol. The third-order valence-electron chi connectivity index (χ3n) is 4.84. The average molecular weight is 414 g/mol. The number of aliphatic imine (C=N–C) groups is 1. The number of amides is 1. The van der Waals surface area contributed by atoms with Gasteiger partial charge in [-0.15, -0.1) is 0 Å². The van der Waals surface area contributed by atoms with Crippen molar-refractivity contribution in [1.82, 2.24) is 20.9 Å². The van der Waals surface area contributed by atoms with Gasteiger partial charge in [0.05, 0.1) is 19.2 Å². The quantitative estimate of drug-likeness (QED) is 0.397. The van der Waals surface area contributed by atoms with Crippen LogP contribution >= 0.6 is 0 Å². The van der Waals surface area contributed by atoms with Crippen LogP contribution in [0.3, 0.4) is 0 Å². The molecule has 0 aromatic rings. The van der Waals surface area contributed by atoms with Gasteiger partial charge in [0, 0.05) is 39.3 Å². The summed E-state index contributed by atoms with van der Waals surface area (Å²) in [5.74, 6) is 1.05. The van der Waals surface area contributed by atoms with E-state index in [-0.39, 0.29) is 12.0 Å². The van der Waals surface area contributed by atoms with Crippen LogP contribution in [-0.4, -0.2) is 81.1 Å². The smallest absolute Gasteiger partial charge is 0.407 e. The Labute approximate surface area is 177 Å². The van der Waals surface area contributed by atoms with Crippen molar-refractivity contribution in [1.29, 1.82) is 0 Å². The second kappa shape index (κ2) is 12.9. The average Bonchev–Trinajstić information content (AvgIpc) is 2.62.